The van der Waals surface area contributed by atoms with Crippen LogP contribution in [0.4, 0.5) is 0 Å². The first-order valence-electron chi connectivity index (χ1n) is 3.84. The number of hydrogen-bond acceptors (Lipinski definition) is 2. The van der Waals surface area contributed by atoms with E-state index in [1.54, 1.807) is 6.20 Å². The van der Waals surface area contributed by atoms with E-state index in [0.29, 0.717) is 11.5 Å². The minimum absolute atomic E-state index is 0.276. The van der Waals surface area contributed by atoms with Crippen molar-refractivity contribution in [2.75, 3.05) is 7.11 Å². The summed E-state index contributed by atoms with van der Waals surface area (Å²) in [6.45, 7) is 0. The van der Waals surface area contributed by atoms with Crippen LogP contribution in [0.5, 0.6) is 0 Å². The molecule has 1 N–H and O–H groups in total. The molecule has 1 aliphatic heterocycles. The average molecular weight is 176 g/mol. The van der Waals surface area contributed by atoms with Gasteiger partial charge in [-0.1, -0.05) is 0 Å². The summed E-state index contributed by atoms with van der Waals surface area (Å²) in [7, 11) is 1.52. The molecule has 4 nitrogen and oxygen atoms in total. The molecule has 0 unspecified atom stereocenters. The summed E-state index contributed by atoms with van der Waals surface area (Å²) in [6.07, 6.45) is 3.14. The molecule has 0 bridgehead atoms. The molecule has 1 aromatic heterocycles. The third kappa shape index (κ3) is 1.26. The Balaban J connectivity index is 2.41. The molecule has 0 atom stereocenters. The van der Waals surface area contributed by atoms with Crippen LogP contribution in [0.2, 0.25) is 0 Å². The minimum atomic E-state index is -0.276. The molecule has 0 aromatic carbocycles. The molecule has 2 rings (SSSR count). The van der Waals surface area contributed by atoms with Crippen LogP contribution < -0.4 is 0 Å². The smallest absolute Gasteiger partial charge is 0.274 e. The Morgan fingerprint density at radius 2 is 2.38 bits per heavy atom. The van der Waals surface area contributed by atoms with Crippen LogP contribution in [0.1, 0.15) is 5.69 Å². The van der Waals surface area contributed by atoms with Gasteiger partial charge < -0.3 is 9.72 Å². The molecule has 2 heterocycles. The second-order valence-electron chi connectivity index (χ2n) is 2.60. The summed E-state index contributed by atoms with van der Waals surface area (Å²) < 4.78 is 5.01. The van der Waals surface area contributed by atoms with Gasteiger partial charge in [-0.15, -0.1) is 0 Å². The lowest BCUT2D eigenvalue weighted by molar-refractivity contribution is -0.113. The molecule has 66 valence electrons. The highest BCUT2D eigenvalue weighted by Gasteiger charge is 2.19. The summed E-state index contributed by atoms with van der Waals surface area (Å²) in [6, 6.07) is 3.68. The van der Waals surface area contributed by atoms with Gasteiger partial charge in [0, 0.05) is 12.3 Å². The number of carbonyl (C=O) groups is 1. The quantitative estimate of drug-likeness (QED) is 0.727. The van der Waals surface area contributed by atoms with Crippen LogP contribution >= 0.6 is 0 Å². The van der Waals surface area contributed by atoms with Crippen molar-refractivity contribution in [2.24, 2.45) is 4.99 Å². The van der Waals surface area contributed by atoms with Gasteiger partial charge in [0.15, 0.2) is 5.76 Å². The Labute approximate surface area is 74.9 Å². The van der Waals surface area contributed by atoms with Gasteiger partial charge in [0.1, 0.15) is 5.71 Å². The summed E-state index contributed by atoms with van der Waals surface area (Å²) in [5.41, 5.74) is 1.36. The molecule has 4 heteroatoms. The monoisotopic (exact) mass is 176 g/mol. The number of aromatic amines is 1. The molecule has 1 amide bonds. The fourth-order valence-corrected chi connectivity index (χ4v) is 1.20. The largest absolute Gasteiger partial charge is 0.494 e. The number of hydrogen-bond donors (Lipinski definition) is 1. The first-order chi connectivity index (χ1) is 6.31. The van der Waals surface area contributed by atoms with Gasteiger partial charge in [0.2, 0.25) is 0 Å². The first-order valence-corrected chi connectivity index (χ1v) is 3.84. The van der Waals surface area contributed by atoms with Gasteiger partial charge in [-0.05, 0) is 12.1 Å². The maximum absolute atomic E-state index is 11.0. The van der Waals surface area contributed by atoms with E-state index in [1.807, 2.05) is 12.1 Å². The van der Waals surface area contributed by atoms with E-state index < -0.39 is 0 Å². The molecule has 0 radical (unpaired) electrons. The molecule has 1 aliphatic rings. The summed E-state index contributed by atoms with van der Waals surface area (Å²) in [5.74, 6) is 0.230. The SMILES string of the molecule is COC1=CC(=O)N=C1c1ccc[nH]1. The van der Waals surface area contributed by atoms with Crippen LogP contribution in [0, 0.1) is 0 Å². The number of rotatable bonds is 2. The zero-order valence-electron chi connectivity index (χ0n) is 7.07. The maximum Gasteiger partial charge on any atom is 0.274 e. The van der Waals surface area contributed by atoms with E-state index >= 15 is 0 Å². The molecule has 1 aromatic rings. The number of allylic oxidation sites excluding steroid dienone is 1. The Morgan fingerprint density at radius 3 is 3.00 bits per heavy atom. The first kappa shape index (κ1) is 7.79. The van der Waals surface area contributed by atoms with Gasteiger partial charge in [0.25, 0.3) is 5.91 Å². The number of nitrogens with one attached hydrogen (secondary N) is 1. The number of nitrogens with zero attached hydrogens (tertiary/aromatic N) is 1. The average Bonchev–Trinajstić information content (AvgIpc) is 2.71. The maximum atomic E-state index is 11.0. The van der Waals surface area contributed by atoms with Crippen molar-refractivity contribution >= 4 is 11.6 Å². The summed E-state index contributed by atoms with van der Waals surface area (Å²) >= 11 is 0. The zero-order chi connectivity index (χ0) is 9.26. The second-order valence-corrected chi connectivity index (χ2v) is 2.60. The van der Waals surface area contributed by atoms with Crippen LogP contribution in [0.3, 0.4) is 0 Å². The number of aliphatic imine (C=N–C) groups is 1. The van der Waals surface area contributed by atoms with E-state index in [9.17, 15) is 4.79 Å². The van der Waals surface area contributed by atoms with E-state index in [0.717, 1.165) is 5.69 Å². The molecular formula is C9H8N2O2. The van der Waals surface area contributed by atoms with Crippen LogP contribution in [0.25, 0.3) is 0 Å². The number of aromatic nitrogens is 1. The van der Waals surface area contributed by atoms with Crippen molar-refractivity contribution < 1.29 is 9.53 Å². The Morgan fingerprint density at radius 1 is 1.54 bits per heavy atom. The van der Waals surface area contributed by atoms with Crippen molar-refractivity contribution in [1.29, 1.82) is 0 Å². The van der Waals surface area contributed by atoms with Crippen molar-refractivity contribution in [3.05, 3.63) is 35.9 Å². The number of methoxy groups -OCH3 is 1. The molecule has 13 heavy (non-hydrogen) atoms. The van der Waals surface area contributed by atoms with Gasteiger partial charge >= 0.3 is 0 Å². The minimum Gasteiger partial charge on any atom is -0.494 e. The highest BCUT2D eigenvalue weighted by atomic mass is 16.5. The fraction of sp³-hybridized carbons (Fsp3) is 0.111. The summed E-state index contributed by atoms with van der Waals surface area (Å²) in [5, 5.41) is 0. The molecule has 0 aliphatic carbocycles. The fourth-order valence-electron chi connectivity index (χ4n) is 1.20. The van der Waals surface area contributed by atoms with E-state index in [4.69, 9.17) is 4.74 Å². The molecule has 0 saturated carbocycles. The molecule has 0 spiro atoms. The van der Waals surface area contributed by atoms with Crippen LogP contribution in [-0.2, 0) is 9.53 Å². The molecule has 0 saturated heterocycles. The van der Waals surface area contributed by atoms with Crippen molar-refractivity contribution in [3.8, 4) is 0 Å². The third-order valence-corrected chi connectivity index (χ3v) is 1.78. The predicted molar refractivity (Wildman–Crippen MR) is 47.4 cm³/mol. The van der Waals surface area contributed by atoms with E-state index in [-0.39, 0.29) is 5.91 Å². The lowest BCUT2D eigenvalue weighted by Gasteiger charge is -2.01. The Kier molecular flexibility index (Phi) is 1.73. The van der Waals surface area contributed by atoms with E-state index in [1.165, 1.54) is 13.2 Å². The Hall–Kier alpha value is -1.84. The molecule has 0 fully saturated rings. The van der Waals surface area contributed by atoms with Crippen molar-refractivity contribution in [2.45, 2.75) is 0 Å². The number of carbonyl (C=O) groups excluding carboxylic acids is 1. The Bertz CT molecular complexity index is 388. The van der Waals surface area contributed by atoms with Gasteiger partial charge in [-0.25, -0.2) is 4.99 Å². The molecular weight excluding hydrogens is 168 g/mol. The normalized spacial score (nSPS) is 15.6. The van der Waals surface area contributed by atoms with Crippen LogP contribution in [-0.4, -0.2) is 23.7 Å². The lowest BCUT2D eigenvalue weighted by atomic mass is 10.2. The highest BCUT2D eigenvalue weighted by molar-refractivity contribution is 6.22. The van der Waals surface area contributed by atoms with Crippen molar-refractivity contribution in [1.82, 2.24) is 4.98 Å². The zero-order valence-corrected chi connectivity index (χ0v) is 7.07. The summed E-state index contributed by atoms with van der Waals surface area (Å²) in [4.78, 5) is 17.7. The topological polar surface area (TPSA) is 54.4 Å². The second kappa shape index (κ2) is 2.90. The standard InChI is InChI=1S/C9H8N2O2/c1-13-7-5-8(12)11-9(7)6-3-2-4-10-6/h2-5,10H,1H3. The lowest BCUT2D eigenvalue weighted by Crippen LogP contribution is -2.03. The number of ether oxygens (including phenoxy) is 1. The van der Waals surface area contributed by atoms with Crippen LogP contribution in [0.15, 0.2) is 35.2 Å². The van der Waals surface area contributed by atoms with E-state index in [2.05, 4.69) is 9.98 Å². The van der Waals surface area contributed by atoms with Gasteiger partial charge in [0.05, 0.1) is 12.8 Å². The highest BCUT2D eigenvalue weighted by Crippen LogP contribution is 2.14. The number of amides is 1. The third-order valence-electron chi connectivity index (χ3n) is 1.78. The van der Waals surface area contributed by atoms with Crippen molar-refractivity contribution in [3.63, 3.8) is 0 Å². The number of H-pyrrole nitrogens is 1. The van der Waals surface area contributed by atoms with Gasteiger partial charge in [-0.3, -0.25) is 4.79 Å². The van der Waals surface area contributed by atoms with Gasteiger partial charge in [-0.2, -0.15) is 0 Å². The predicted octanol–water partition coefficient (Wildman–Crippen LogP) is 0.874.